The fourth-order valence-electron chi connectivity index (χ4n) is 1.21. The fourth-order valence-corrected chi connectivity index (χ4v) is 2.33. The Labute approximate surface area is 107 Å². The van der Waals surface area contributed by atoms with E-state index in [0.29, 0.717) is 10.6 Å². The van der Waals surface area contributed by atoms with Crippen LogP contribution in [0.5, 0.6) is 0 Å². The highest BCUT2D eigenvalue weighted by molar-refractivity contribution is 7.99. The minimum absolute atomic E-state index is 0.0597. The summed E-state index contributed by atoms with van der Waals surface area (Å²) in [7, 11) is 0. The molecule has 1 aromatic carbocycles. The van der Waals surface area contributed by atoms with Crippen LogP contribution >= 0.6 is 23.4 Å². The van der Waals surface area contributed by atoms with Gasteiger partial charge in [-0.25, -0.2) is 9.37 Å². The van der Waals surface area contributed by atoms with Crippen molar-refractivity contribution in [3.8, 4) is 6.07 Å². The molecule has 0 unspecified atom stereocenters. The normalized spacial score (nSPS) is 9.94. The molecule has 0 amide bonds. The summed E-state index contributed by atoms with van der Waals surface area (Å²) < 4.78 is 13.0. The molecular weight excluding hydrogens is 259 g/mol. The van der Waals surface area contributed by atoms with Gasteiger partial charge in [0.25, 0.3) is 0 Å². The van der Waals surface area contributed by atoms with Gasteiger partial charge >= 0.3 is 0 Å². The van der Waals surface area contributed by atoms with Crippen LogP contribution in [0.2, 0.25) is 5.02 Å². The van der Waals surface area contributed by atoms with Crippen molar-refractivity contribution in [3.05, 3.63) is 52.9 Å². The van der Waals surface area contributed by atoms with Gasteiger partial charge in [0.15, 0.2) is 0 Å². The Balaban J connectivity index is 2.32. The van der Waals surface area contributed by atoms with E-state index < -0.39 is 5.82 Å². The quantitative estimate of drug-likeness (QED) is 0.825. The highest BCUT2D eigenvalue weighted by atomic mass is 35.5. The lowest BCUT2D eigenvalue weighted by molar-refractivity contribution is 0.627. The number of hydrogen-bond acceptors (Lipinski definition) is 3. The van der Waals surface area contributed by atoms with Gasteiger partial charge < -0.3 is 0 Å². The third-order valence-corrected chi connectivity index (χ3v) is 3.30. The molecule has 17 heavy (non-hydrogen) atoms. The van der Waals surface area contributed by atoms with Crippen LogP contribution in [0.1, 0.15) is 5.56 Å². The van der Waals surface area contributed by atoms with Gasteiger partial charge in [0.1, 0.15) is 16.9 Å². The number of nitriles is 1. The van der Waals surface area contributed by atoms with E-state index in [1.807, 2.05) is 0 Å². The molecule has 0 aliphatic heterocycles. The summed E-state index contributed by atoms with van der Waals surface area (Å²) >= 11 is 6.96. The molecule has 0 fully saturated rings. The zero-order valence-electron chi connectivity index (χ0n) is 8.52. The van der Waals surface area contributed by atoms with E-state index in [1.165, 1.54) is 23.9 Å². The van der Waals surface area contributed by atoms with Crippen LogP contribution in [-0.4, -0.2) is 4.98 Å². The zero-order chi connectivity index (χ0) is 12.3. The molecule has 2 nitrogen and oxygen atoms in total. The Morgan fingerprint density at radius 3 is 2.88 bits per heavy atom. The van der Waals surface area contributed by atoms with Gasteiger partial charge in [0, 0.05) is 11.1 Å². The van der Waals surface area contributed by atoms with Crippen molar-refractivity contribution in [2.24, 2.45) is 0 Å². The molecule has 1 heterocycles. The summed E-state index contributed by atoms with van der Waals surface area (Å²) in [6, 6.07) is 9.83. The highest BCUT2D eigenvalue weighted by Crippen LogP contribution is 2.30. The minimum Gasteiger partial charge on any atom is -0.248 e. The average molecular weight is 265 g/mol. The second-order valence-electron chi connectivity index (χ2n) is 3.15. The van der Waals surface area contributed by atoms with E-state index in [4.69, 9.17) is 16.9 Å². The Hall–Kier alpha value is -1.57. The molecule has 0 spiro atoms. The third kappa shape index (κ3) is 2.76. The van der Waals surface area contributed by atoms with Crippen LogP contribution in [0.4, 0.5) is 4.39 Å². The van der Waals surface area contributed by atoms with Gasteiger partial charge in [-0.2, -0.15) is 5.26 Å². The molecule has 0 radical (unpaired) electrons. The van der Waals surface area contributed by atoms with Crippen LogP contribution < -0.4 is 0 Å². The van der Waals surface area contributed by atoms with Crippen molar-refractivity contribution >= 4 is 23.4 Å². The topological polar surface area (TPSA) is 36.7 Å². The zero-order valence-corrected chi connectivity index (χ0v) is 10.1. The van der Waals surface area contributed by atoms with E-state index >= 15 is 0 Å². The highest BCUT2D eigenvalue weighted by Gasteiger charge is 2.07. The summed E-state index contributed by atoms with van der Waals surface area (Å²) in [5, 5.41) is 9.55. The first-order valence-corrected chi connectivity index (χ1v) is 5.88. The number of benzene rings is 1. The Morgan fingerprint density at radius 1 is 1.35 bits per heavy atom. The van der Waals surface area contributed by atoms with Crippen molar-refractivity contribution in [2.45, 2.75) is 9.92 Å². The molecular formula is C12H6ClFN2S. The predicted octanol–water partition coefficient (Wildman–Crippen LogP) is 3.90. The van der Waals surface area contributed by atoms with Crippen LogP contribution in [0.15, 0.2) is 46.5 Å². The van der Waals surface area contributed by atoms with Gasteiger partial charge in [-0.1, -0.05) is 23.4 Å². The van der Waals surface area contributed by atoms with Gasteiger partial charge in [-0.05, 0) is 30.3 Å². The molecule has 0 saturated heterocycles. The summed E-state index contributed by atoms with van der Waals surface area (Å²) in [4.78, 5) is 4.84. The first-order valence-electron chi connectivity index (χ1n) is 4.69. The lowest BCUT2D eigenvalue weighted by atomic mass is 10.3. The van der Waals surface area contributed by atoms with Crippen LogP contribution in [0.25, 0.3) is 0 Å². The average Bonchev–Trinajstić information content (AvgIpc) is 2.34. The predicted molar refractivity (Wildman–Crippen MR) is 64.5 cm³/mol. The maximum Gasteiger partial charge on any atom is 0.141 e. The van der Waals surface area contributed by atoms with Crippen LogP contribution in [0, 0.1) is 17.1 Å². The molecule has 2 rings (SSSR count). The summed E-state index contributed by atoms with van der Waals surface area (Å²) in [6.07, 6.45) is 1.61. The van der Waals surface area contributed by atoms with Gasteiger partial charge in [-0.3, -0.25) is 0 Å². The maximum absolute atomic E-state index is 13.0. The molecule has 5 heteroatoms. The number of pyridine rings is 1. The summed E-state index contributed by atoms with van der Waals surface area (Å²) in [5.41, 5.74) is 0.484. The van der Waals surface area contributed by atoms with Crippen molar-refractivity contribution in [1.82, 2.24) is 4.98 Å². The van der Waals surface area contributed by atoms with Crippen molar-refractivity contribution in [2.75, 3.05) is 0 Å². The van der Waals surface area contributed by atoms with Gasteiger partial charge in [0.2, 0.25) is 0 Å². The van der Waals surface area contributed by atoms with Crippen molar-refractivity contribution in [3.63, 3.8) is 0 Å². The lowest BCUT2D eigenvalue weighted by Crippen LogP contribution is -1.85. The molecule has 84 valence electrons. The second kappa shape index (κ2) is 5.17. The van der Waals surface area contributed by atoms with Gasteiger partial charge in [-0.15, -0.1) is 0 Å². The number of aromatic nitrogens is 1. The molecule has 0 aliphatic carbocycles. The van der Waals surface area contributed by atoms with Gasteiger partial charge in [0.05, 0.1) is 10.6 Å². The molecule has 0 saturated carbocycles. The molecule has 0 aliphatic rings. The molecule has 0 bridgehead atoms. The largest absolute Gasteiger partial charge is 0.248 e. The second-order valence-corrected chi connectivity index (χ2v) is 4.62. The van der Waals surface area contributed by atoms with Crippen molar-refractivity contribution < 1.29 is 4.39 Å². The maximum atomic E-state index is 13.0. The minimum atomic E-state index is -0.461. The monoisotopic (exact) mass is 264 g/mol. The van der Waals surface area contributed by atoms with Crippen LogP contribution in [0.3, 0.4) is 0 Å². The molecule has 1 aromatic heterocycles. The van der Waals surface area contributed by atoms with E-state index in [9.17, 15) is 4.39 Å². The number of hydrogen-bond donors (Lipinski definition) is 0. The first-order chi connectivity index (χ1) is 8.20. The summed E-state index contributed by atoms with van der Waals surface area (Å²) in [6.45, 7) is 0. The first kappa shape index (κ1) is 11.9. The Kier molecular flexibility index (Phi) is 3.62. The van der Waals surface area contributed by atoms with E-state index in [2.05, 4.69) is 11.1 Å². The van der Waals surface area contributed by atoms with Crippen molar-refractivity contribution in [1.29, 1.82) is 5.26 Å². The van der Waals surface area contributed by atoms with E-state index in [-0.39, 0.29) is 5.02 Å². The summed E-state index contributed by atoms with van der Waals surface area (Å²) in [5.74, 6) is -0.461. The fraction of sp³-hybridized carbons (Fsp3) is 0. The number of halogens is 2. The number of rotatable bonds is 2. The van der Waals surface area contributed by atoms with Crippen LogP contribution in [-0.2, 0) is 0 Å². The molecule has 2 aromatic rings. The number of nitrogens with zero attached hydrogens (tertiary/aromatic N) is 2. The standard InChI is InChI=1S/C12H6ClFN2S/c13-10-6-9(3-4-11(10)14)17-12-8(7-15)2-1-5-16-12/h1-6H. The lowest BCUT2D eigenvalue weighted by Gasteiger charge is -2.03. The van der Waals surface area contributed by atoms with E-state index in [0.717, 1.165) is 4.90 Å². The molecule has 0 N–H and O–H groups in total. The Bertz CT molecular complexity index is 595. The Morgan fingerprint density at radius 2 is 2.18 bits per heavy atom. The smallest absolute Gasteiger partial charge is 0.141 e. The SMILES string of the molecule is N#Cc1cccnc1Sc1ccc(F)c(Cl)c1. The molecule has 0 atom stereocenters. The third-order valence-electron chi connectivity index (χ3n) is 2.00. The van der Waals surface area contributed by atoms with E-state index in [1.54, 1.807) is 24.4 Å².